The van der Waals surface area contributed by atoms with Gasteiger partial charge in [0.25, 0.3) is 0 Å². The van der Waals surface area contributed by atoms with Crippen LogP contribution in [0.5, 0.6) is 0 Å². The zero-order valence-electron chi connectivity index (χ0n) is 16.0. The van der Waals surface area contributed by atoms with Crippen molar-refractivity contribution in [3.05, 3.63) is 0 Å². The summed E-state index contributed by atoms with van der Waals surface area (Å²) < 4.78 is 27.2. The van der Waals surface area contributed by atoms with Crippen molar-refractivity contribution in [2.24, 2.45) is 0 Å². The van der Waals surface area contributed by atoms with E-state index in [9.17, 15) is 9.59 Å². The molecule has 1 atom stereocenters. The minimum Gasteiger partial charge on any atom is -0.481 e. The lowest BCUT2D eigenvalue weighted by Gasteiger charge is -2.22. The van der Waals surface area contributed by atoms with E-state index < -0.39 is 5.97 Å². The van der Waals surface area contributed by atoms with Crippen LogP contribution in [0.15, 0.2) is 0 Å². The van der Waals surface area contributed by atoms with Crippen molar-refractivity contribution in [3.8, 4) is 0 Å². The first kappa shape index (κ1) is 23.8. The highest BCUT2D eigenvalue weighted by Gasteiger charge is 2.13. The van der Waals surface area contributed by atoms with Gasteiger partial charge in [0.15, 0.2) is 6.29 Å². The predicted molar refractivity (Wildman–Crippen MR) is 96.5 cm³/mol. The molecular formula is C18H33NO8. The lowest BCUT2D eigenvalue weighted by molar-refractivity contribution is -0.169. The Labute approximate surface area is 160 Å². The standard InChI is InChI=1S/C18H33NO8/c20-16(5-6-17(21)22)19-7-3-8-23-10-11-24-12-13-25-14-15-27-18-4-1-2-9-26-18/h18H,1-15H2,(H,19,20)(H,21,22). The van der Waals surface area contributed by atoms with Crippen molar-refractivity contribution >= 4 is 11.9 Å². The highest BCUT2D eigenvalue weighted by Crippen LogP contribution is 2.13. The molecule has 1 rings (SSSR count). The fourth-order valence-electron chi connectivity index (χ4n) is 2.33. The maximum absolute atomic E-state index is 11.3. The molecule has 1 aliphatic heterocycles. The second kappa shape index (κ2) is 16.9. The number of carbonyl (C=O) groups is 2. The number of nitrogens with one attached hydrogen (secondary N) is 1. The molecule has 1 saturated heterocycles. The molecule has 27 heavy (non-hydrogen) atoms. The second-order valence-electron chi connectivity index (χ2n) is 6.10. The molecule has 0 aromatic heterocycles. The van der Waals surface area contributed by atoms with E-state index in [4.69, 9.17) is 28.8 Å². The van der Waals surface area contributed by atoms with Crippen molar-refractivity contribution in [2.75, 3.05) is 59.4 Å². The van der Waals surface area contributed by atoms with E-state index in [0.29, 0.717) is 59.2 Å². The summed E-state index contributed by atoms with van der Waals surface area (Å²) in [4.78, 5) is 21.6. The van der Waals surface area contributed by atoms with Crippen LogP contribution >= 0.6 is 0 Å². The molecule has 0 radical (unpaired) electrons. The summed E-state index contributed by atoms with van der Waals surface area (Å²) in [6.45, 7) is 4.80. The summed E-state index contributed by atoms with van der Waals surface area (Å²) in [5.74, 6) is -1.22. The second-order valence-corrected chi connectivity index (χ2v) is 6.10. The molecule has 0 bridgehead atoms. The van der Waals surface area contributed by atoms with Crippen LogP contribution in [-0.2, 0) is 33.3 Å². The summed E-state index contributed by atoms with van der Waals surface area (Å²) >= 11 is 0. The van der Waals surface area contributed by atoms with Crippen molar-refractivity contribution in [1.82, 2.24) is 5.32 Å². The predicted octanol–water partition coefficient (Wildman–Crippen LogP) is 0.951. The summed E-state index contributed by atoms with van der Waals surface area (Å²) in [6.07, 6.45) is 3.68. The van der Waals surface area contributed by atoms with Gasteiger partial charge in [0.2, 0.25) is 5.91 Å². The third kappa shape index (κ3) is 15.5. The molecule has 1 amide bonds. The van der Waals surface area contributed by atoms with Gasteiger partial charge >= 0.3 is 5.97 Å². The maximum atomic E-state index is 11.3. The Morgan fingerprint density at radius 1 is 0.926 bits per heavy atom. The van der Waals surface area contributed by atoms with E-state index in [1.165, 1.54) is 0 Å². The number of aliphatic carboxylic acids is 1. The number of amides is 1. The van der Waals surface area contributed by atoms with Crippen LogP contribution in [-0.4, -0.2) is 82.7 Å². The molecule has 0 saturated carbocycles. The van der Waals surface area contributed by atoms with Crippen LogP contribution in [0.25, 0.3) is 0 Å². The van der Waals surface area contributed by atoms with E-state index in [0.717, 1.165) is 25.9 Å². The largest absolute Gasteiger partial charge is 0.481 e. The molecule has 0 aromatic rings. The highest BCUT2D eigenvalue weighted by atomic mass is 16.7. The zero-order chi connectivity index (χ0) is 19.6. The lowest BCUT2D eigenvalue weighted by atomic mass is 10.2. The monoisotopic (exact) mass is 391 g/mol. The van der Waals surface area contributed by atoms with E-state index in [1.807, 2.05) is 0 Å². The van der Waals surface area contributed by atoms with Crippen molar-refractivity contribution in [1.29, 1.82) is 0 Å². The summed E-state index contributed by atoms with van der Waals surface area (Å²) in [5, 5.41) is 11.1. The minimum absolute atomic E-state index is 0.00653. The summed E-state index contributed by atoms with van der Waals surface area (Å²) in [7, 11) is 0. The van der Waals surface area contributed by atoms with Gasteiger partial charge in [0, 0.05) is 26.2 Å². The molecule has 1 unspecified atom stereocenters. The first-order valence-electron chi connectivity index (χ1n) is 9.63. The smallest absolute Gasteiger partial charge is 0.303 e. The number of carbonyl (C=O) groups excluding carboxylic acids is 1. The molecule has 1 heterocycles. The van der Waals surface area contributed by atoms with Gasteiger partial charge in [-0.2, -0.15) is 0 Å². The van der Waals surface area contributed by atoms with Gasteiger partial charge in [0.05, 0.1) is 46.1 Å². The number of carboxylic acids is 1. The third-order valence-electron chi connectivity index (χ3n) is 3.77. The molecule has 9 heteroatoms. The summed E-state index contributed by atoms with van der Waals surface area (Å²) in [5.41, 5.74) is 0. The van der Waals surface area contributed by atoms with Crippen LogP contribution in [0.1, 0.15) is 38.5 Å². The molecule has 9 nitrogen and oxygen atoms in total. The van der Waals surface area contributed by atoms with E-state index in [-0.39, 0.29) is 25.0 Å². The number of ether oxygens (including phenoxy) is 5. The molecule has 0 aromatic carbocycles. The minimum atomic E-state index is -0.971. The fourth-order valence-corrected chi connectivity index (χ4v) is 2.33. The molecule has 1 aliphatic rings. The van der Waals surface area contributed by atoms with E-state index in [2.05, 4.69) is 5.32 Å². The van der Waals surface area contributed by atoms with E-state index in [1.54, 1.807) is 0 Å². The van der Waals surface area contributed by atoms with Gasteiger partial charge < -0.3 is 34.1 Å². The number of carboxylic acid groups (broad SMARTS) is 1. The maximum Gasteiger partial charge on any atom is 0.303 e. The van der Waals surface area contributed by atoms with Gasteiger partial charge in [-0.25, -0.2) is 0 Å². The Morgan fingerprint density at radius 3 is 2.22 bits per heavy atom. The Bertz CT molecular complexity index is 388. The molecule has 0 aliphatic carbocycles. The number of hydrogen-bond acceptors (Lipinski definition) is 7. The quantitative estimate of drug-likeness (QED) is 0.353. The van der Waals surface area contributed by atoms with Gasteiger partial charge in [-0.15, -0.1) is 0 Å². The normalized spacial score (nSPS) is 17.0. The van der Waals surface area contributed by atoms with Crippen molar-refractivity contribution in [2.45, 2.75) is 44.8 Å². The lowest BCUT2D eigenvalue weighted by Crippen LogP contribution is -2.25. The number of hydrogen-bond donors (Lipinski definition) is 2. The average molecular weight is 391 g/mol. The third-order valence-corrected chi connectivity index (χ3v) is 3.77. The van der Waals surface area contributed by atoms with Gasteiger partial charge in [0.1, 0.15) is 0 Å². The SMILES string of the molecule is O=C(O)CCC(=O)NCCCOCCOCCOCCOC1CCCCO1. The first-order valence-corrected chi connectivity index (χ1v) is 9.63. The van der Waals surface area contributed by atoms with E-state index >= 15 is 0 Å². The van der Waals surface area contributed by atoms with Crippen LogP contribution in [0.4, 0.5) is 0 Å². The Morgan fingerprint density at radius 2 is 1.59 bits per heavy atom. The van der Waals surface area contributed by atoms with Crippen molar-refractivity contribution in [3.63, 3.8) is 0 Å². The topological polar surface area (TPSA) is 113 Å². The molecule has 0 spiro atoms. The number of rotatable bonds is 17. The van der Waals surface area contributed by atoms with Gasteiger partial charge in [-0.3, -0.25) is 9.59 Å². The van der Waals surface area contributed by atoms with Crippen LogP contribution in [0, 0.1) is 0 Å². The van der Waals surface area contributed by atoms with Crippen LogP contribution < -0.4 is 5.32 Å². The van der Waals surface area contributed by atoms with Crippen LogP contribution in [0.3, 0.4) is 0 Å². The van der Waals surface area contributed by atoms with Crippen molar-refractivity contribution < 1.29 is 38.4 Å². The Kier molecular flexibility index (Phi) is 14.9. The molecular weight excluding hydrogens is 358 g/mol. The molecule has 1 fully saturated rings. The molecule has 158 valence electrons. The van der Waals surface area contributed by atoms with Crippen LogP contribution in [0.2, 0.25) is 0 Å². The summed E-state index contributed by atoms with van der Waals surface area (Å²) in [6, 6.07) is 0. The Hall–Kier alpha value is -1.26. The fraction of sp³-hybridized carbons (Fsp3) is 0.889. The highest BCUT2D eigenvalue weighted by molar-refractivity contribution is 5.80. The van der Waals surface area contributed by atoms with Gasteiger partial charge in [-0.1, -0.05) is 0 Å². The average Bonchev–Trinajstić information content (AvgIpc) is 2.67. The molecule has 2 N–H and O–H groups in total. The zero-order valence-corrected chi connectivity index (χ0v) is 16.0. The van der Waals surface area contributed by atoms with Gasteiger partial charge in [-0.05, 0) is 25.7 Å². The Balaban J connectivity index is 1.71. The first-order chi connectivity index (χ1) is 13.2.